The van der Waals surface area contributed by atoms with Crippen LogP contribution in [0, 0.1) is 0 Å². The third-order valence-corrected chi connectivity index (χ3v) is 2.93. The summed E-state index contributed by atoms with van der Waals surface area (Å²) in [5, 5.41) is 14.7. The van der Waals surface area contributed by atoms with Crippen molar-refractivity contribution < 1.29 is 29.0 Å². The number of hydrogen-bond donors (Lipinski definition) is 3. The second kappa shape index (κ2) is 10.2. The Morgan fingerprint density at radius 1 is 1.00 bits per heavy atom. The minimum atomic E-state index is -0.925. The minimum absolute atomic E-state index is 0.0225. The van der Waals surface area contributed by atoms with Crippen molar-refractivity contribution in [2.75, 3.05) is 18.5 Å². The number of ketones is 2. The van der Waals surface area contributed by atoms with Crippen molar-refractivity contribution in [2.45, 2.75) is 32.8 Å². The highest BCUT2D eigenvalue weighted by atomic mass is 16.5. The van der Waals surface area contributed by atoms with Crippen LogP contribution in [0.25, 0.3) is 0 Å². The van der Waals surface area contributed by atoms with E-state index in [9.17, 15) is 24.3 Å². The molecule has 1 atom stereocenters. The molecule has 136 valence electrons. The van der Waals surface area contributed by atoms with Gasteiger partial charge in [0.15, 0.2) is 0 Å². The van der Waals surface area contributed by atoms with Gasteiger partial charge in [-0.15, -0.1) is 0 Å². The molecular weight excluding hydrogens is 328 g/mol. The summed E-state index contributed by atoms with van der Waals surface area (Å²) in [5.41, 5.74) is 0.524. The molecule has 0 heterocycles. The number of hydrogen-bond acceptors (Lipinski definition) is 6. The normalized spacial score (nSPS) is 11.3. The molecule has 0 spiro atoms. The van der Waals surface area contributed by atoms with E-state index >= 15 is 0 Å². The van der Waals surface area contributed by atoms with Crippen molar-refractivity contribution in [3.8, 4) is 5.75 Å². The first-order valence-electron chi connectivity index (χ1n) is 7.72. The molecule has 0 aliphatic carbocycles. The smallest absolute Gasteiger partial charge is 0.231 e. The van der Waals surface area contributed by atoms with Gasteiger partial charge in [0.1, 0.15) is 30.0 Å². The van der Waals surface area contributed by atoms with Gasteiger partial charge in [0.25, 0.3) is 0 Å². The molecule has 0 bridgehead atoms. The number of benzene rings is 1. The van der Waals surface area contributed by atoms with Crippen molar-refractivity contribution in [1.82, 2.24) is 5.32 Å². The lowest BCUT2D eigenvalue weighted by Gasteiger charge is -2.13. The molecular formula is C17H22N2O6. The highest BCUT2D eigenvalue weighted by Crippen LogP contribution is 2.16. The third kappa shape index (κ3) is 9.21. The average Bonchev–Trinajstić information content (AvgIpc) is 2.50. The zero-order valence-corrected chi connectivity index (χ0v) is 14.2. The van der Waals surface area contributed by atoms with Gasteiger partial charge in [-0.25, -0.2) is 0 Å². The minimum Gasteiger partial charge on any atom is -0.491 e. The summed E-state index contributed by atoms with van der Waals surface area (Å²) in [6, 6.07) is 6.41. The number of anilines is 1. The predicted octanol–water partition coefficient (Wildman–Crippen LogP) is 0.439. The Morgan fingerprint density at radius 3 is 2.12 bits per heavy atom. The predicted molar refractivity (Wildman–Crippen MR) is 90.2 cm³/mol. The fraction of sp³-hybridized carbons (Fsp3) is 0.412. The van der Waals surface area contributed by atoms with Gasteiger partial charge in [0, 0.05) is 12.2 Å². The quantitative estimate of drug-likeness (QED) is 0.526. The topological polar surface area (TPSA) is 122 Å². The Labute approximate surface area is 145 Å². The number of carbonyl (C=O) groups excluding carboxylic acids is 4. The van der Waals surface area contributed by atoms with Crippen molar-refractivity contribution in [3.05, 3.63) is 24.3 Å². The molecule has 0 saturated heterocycles. The maximum atomic E-state index is 11.5. The van der Waals surface area contributed by atoms with Crippen LogP contribution in [0.15, 0.2) is 24.3 Å². The Kier molecular flexibility index (Phi) is 8.28. The lowest BCUT2D eigenvalue weighted by molar-refractivity contribution is -0.128. The first-order valence-corrected chi connectivity index (χ1v) is 7.72. The van der Waals surface area contributed by atoms with Crippen molar-refractivity contribution >= 4 is 29.1 Å². The Morgan fingerprint density at radius 2 is 1.56 bits per heavy atom. The van der Waals surface area contributed by atoms with Crippen molar-refractivity contribution in [3.63, 3.8) is 0 Å². The van der Waals surface area contributed by atoms with E-state index < -0.39 is 17.9 Å². The molecule has 0 aromatic heterocycles. The lowest BCUT2D eigenvalue weighted by atomic mass is 10.2. The SMILES string of the molecule is CC(=O)CC(=O)NCC(O)COc1ccc(NC(=O)CC(C)=O)cc1. The Hall–Kier alpha value is -2.74. The van der Waals surface area contributed by atoms with E-state index in [1.54, 1.807) is 24.3 Å². The van der Waals surface area contributed by atoms with E-state index in [4.69, 9.17) is 4.74 Å². The maximum absolute atomic E-state index is 11.5. The summed E-state index contributed by atoms with van der Waals surface area (Å²) in [5.74, 6) is -0.839. The second-order valence-corrected chi connectivity index (χ2v) is 5.60. The molecule has 0 saturated carbocycles. The second-order valence-electron chi connectivity index (χ2n) is 5.60. The summed E-state index contributed by atoms with van der Waals surface area (Å²) >= 11 is 0. The van der Waals surface area contributed by atoms with Gasteiger partial charge in [0.05, 0.1) is 12.8 Å². The largest absolute Gasteiger partial charge is 0.491 e. The van der Waals surface area contributed by atoms with Crippen LogP contribution >= 0.6 is 0 Å². The molecule has 8 nitrogen and oxygen atoms in total. The highest BCUT2D eigenvalue weighted by molar-refractivity contribution is 6.03. The summed E-state index contributed by atoms with van der Waals surface area (Å²) in [6.45, 7) is 2.58. The van der Waals surface area contributed by atoms with E-state index in [0.29, 0.717) is 11.4 Å². The number of nitrogens with one attached hydrogen (secondary N) is 2. The molecule has 3 N–H and O–H groups in total. The number of aliphatic hydroxyl groups excluding tert-OH is 1. The van der Waals surface area contributed by atoms with Crippen LogP contribution in [0.1, 0.15) is 26.7 Å². The summed E-state index contributed by atoms with van der Waals surface area (Å²) < 4.78 is 5.37. The number of aliphatic hydroxyl groups is 1. The van der Waals surface area contributed by atoms with Crippen LogP contribution in [-0.2, 0) is 19.2 Å². The Balaban J connectivity index is 2.35. The molecule has 1 aromatic carbocycles. The molecule has 25 heavy (non-hydrogen) atoms. The molecule has 0 aliphatic heterocycles. The van der Waals surface area contributed by atoms with Gasteiger partial charge in [0.2, 0.25) is 11.8 Å². The zero-order chi connectivity index (χ0) is 18.8. The number of carbonyl (C=O) groups is 4. The molecule has 1 unspecified atom stereocenters. The highest BCUT2D eigenvalue weighted by Gasteiger charge is 2.10. The molecule has 0 fully saturated rings. The molecule has 1 rings (SSSR count). The van der Waals surface area contributed by atoms with E-state index in [1.807, 2.05) is 0 Å². The van der Waals surface area contributed by atoms with Crippen LogP contribution in [0.4, 0.5) is 5.69 Å². The average molecular weight is 350 g/mol. The molecule has 0 radical (unpaired) electrons. The van der Waals surface area contributed by atoms with E-state index in [2.05, 4.69) is 10.6 Å². The molecule has 2 amide bonds. The summed E-state index contributed by atoms with van der Waals surface area (Å²) in [6.07, 6.45) is -1.32. The van der Waals surface area contributed by atoms with E-state index in [-0.39, 0.29) is 37.6 Å². The number of amides is 2. The standard InChI is InChI=1S/C17H22N2O6/c1-11(20)7-16(23)18-9-14(22)10-25-15-5-3-13(4-6-15)19-17(24)8-12(2)21/h3-6,14,22H,7-10H2,1-2H3,(H,18,23)(H,19,24). The van der Waals surface area contributed by atoms with Crippen LogP contribution in [-0.4, -0.2) is 47.7 Å². The maximum Gasteiger partial charge on any atom is 0.231 e. The number of Topliss-reactive ketones (excluding diaryl/α,β-unsaturated/α-hetero) is 2. The van der Waals surface area contributed by atoms with Gasteiger partial charge < -0.3 is 20.5 Å². The summed E-state index contributed by atoms with van der Waals surface area (Å²) in [7, 11) is 0. The fourth-order valence-electron chi connectivity index (χ4n) is 1.84. The molecule has 8 heteroatoms. The van der Waals surface area contributed by atoms with Gasteiger partial charge in [-0.3, -0.25) is 19.2 Å². The first-order chi connectivity index (χ1) is 11.8. The van der Waals surface area contributed by atoms with Gasteiger partial charge in [-0.1, -0.05) is 0 Å². The zero-order valence-electron chi connectivity index (χ0n) is 14.2. The van der Waals surface area contributed by atoms with E-state index in [0.717, 1.165) is 0 Å². The van der Waals surface area contributed by atoms with Crippen LogP contribution in [0.3, 0.4) is 0 Å². The monoisotopic (exact) mass is 350 g/mol. The van der Waals surface area contributed by atoms with Crippen LogP contribution < -0.4 is 15.4 Å². The lowest BCUT2D eigenvalue weighted by Crippen LogP contribution is -2.35. The third-order valence-electron chi connectivity index (χ3n) is 2.93. The number of ether oxygens (including phenoxy) is 1. The van der Waals surface area contributed by atoms with Gasteiger partial charge in [-0.2, -0.15) is 0 Å². The fourth-order valence-corrected chi connectivity index (χ4v) is 1.84. The van der Waals surface area contributed by atoms with Crippen LogP contribution in [0.5, 0.6) is 5.75 Å². The van der Waals surface area contributed by atoms with Crippen molar-refractivity contribution in [1.29, 1.82) is 0 Å². The van der Waals surface area contributed by atoms with E-state index in [1.165, 1.54) is 13.8 Å². The number of rotatable bonds is 10. The first kappa shape index (κ1) is 20.3. The van der Waals surface area contributed by atoms with Gasteiger partial charge in [-0.05, 0) is 38.1 Å². The summed E-state index contributed by atoms with van der Waals surface area (Å²) in [4.78, 5) is 44.4. The Bertz CT molecular complexity index is 627. The van der Waals surface area contributed by atoms with Crippen molar-refractivity contribution in [2.24, 2.45) is 0 Å². The molecule has 1 aromatic rings. The molecule has 0 aliphatic rings. The van der Waals surface area contributed by atoms with Crippen LogP contribution in [0.2, 0.25) is 0 Å². The van der Waals surface area contributed by atoms with Gasteiger partial charge >= 0.3 is 0 Å².